The van der Waals surface area contributed by atoms with Crippen LogP contribution in [0.2, 0.25) is 5.02 Å². The van der Waals surface area contributed by atoms with Crippen molar-refractivity contribution in [1.82, 2.24) is 15.1 Å². The average molecular weight is 306 g/mol. The molecule has 1 N–H and O–H groups in total. The second-order valence-electron chi connectivity index (χ2n) is 4.43. The van der Waals surface area contributed by atoms with Gasteiger partial charge in [-0.1, -0.05) is 17.7 Å². The molecule has 2 rings (SSSR count). The van der Waals surface area contributed by atoms with Crippen molar-refractivity contribution in [3.8, 4) is 11.3 Å². The summed E-state index contributed by atoms with van der Waals surface area (Å²) in [4.78, 5) is 23.5. The second kappa shape index (κ2) is 6.54. The molecule has 21 heavy (non-hydrogen) atoms. The molecule has 1 heterocycles. The molecule has 1 amide bonds. The van der Waals surface area contributed by atoms with Crippen molar-refractivity contribution in [2.45, 2.75) is 20.4 Å². The first-order chi connectivity index (χ1) is 10.1. The highest BCUT2D eigenvalue weighted by Crippen LogP contribution is 2.23. The molecule has 0 radical (unpaired) electrons. The molecule has 0 aliphatic carbocycles. The minimum absolute atomic E-state index is 0.154. The van der Waals surface area contributed by atoms with Gasteiger partial charge in [-0.2, -0.15) is 5.10 Å². The van der Waals surface area contributed by atoms with Crippen LogP contribution in [0, 0.1) is 0 Å². The molecule has 0 fully saturated rings. The Bertz CT molecular complexity index is 725. The standard InChI is InChI=1S/C15H16ClN3O2/c1-3-17-15(21)11-9-10(5-6-12(11)16)13-7-8-14(20)19(4-2)18-13/h5-9H,3-4H2,1-2H3,(H,17,21). The Labute approximate surface area is 127 Å². The van der Waals surface area contributed by atoms with Gasteiger partial charge in [0.05, 0.1) is 16.3 Å². The van der Waals surface area contributed by atoms with E-state index in [4.69, 9.17) is 11.6 Å². The van der Waals surface area contributed by atoms with Gasteiger partial charge in [-0.15, -0.1) is 0 Å². The molecule has 5 nitrogen and oxygen atoms in total. The quantitative estimate of drug-likeness (QED) is 0.943. The van der Waals surface area contributed by atoms with Gasteiger partial charge in [0.15, 0.2) is 0 Å². The summed E-state index contributed by atoms with van der Waals surface area (Å²) in [7, 11) is 0. The van der Waals surface area contributed by atoms with Crippen LogP contribution < -0.4 is 10.9 Å². The molecular weight excluding hydrogens is 290 g/mol. The van der Waals surface area contributed by atoms with E-state index in [2.05, 4.69) is 10.4 Å². The molecule has 0 unspecified atom stereocenters. The molecule has 1 aromatic carbocycles. The van der Waals surface area contributed by atoms with Crippen LogP contribution in [-0.4, -0.2) is 22.2 Å². The Morgan fingerprint density at radius 3 is 2.71 bits per heavy atom. The predicted molar refractivity (Wildman–Crippen MR) is 82.6 cm³/mol. The summed E-state index contributed by atoms with van der Waals surface area (Å²) in [6.07, 6.45) is 0. The SMILES string of the molecule is CCNC(=O)c1cc(-c2ccc(=O)n(CC)n2)ccc1Cl. The van der Waals surface area contributed by atoms with Gasteiger partial charge in [-0.25, -0.2) is 4.68 Å². The summed E-state index contributed by atoms with van der Waals surface area (Å²) in [5.74, 6) is -0.229. The van der Waals surface area contributed by atoms with Crippen molar-refractivity contribution in [2.75, 3.05) is 6.54 Å². The number of hydrogen-bond donors (Lipinski definition) is 1. The van der Waals surface area contributed by atoms with E-state index >= 15 is 0 Å². The molecule has 0 bridgehead atoms. The van der Waals surface area contributed by atoms with E-state index in [-0.39, 0.29) is 11.5 Å². The topological polar surface area (TPSA) is 64.0 Å². The van der Waals surface area contributed by atoms with E-state index in [0.29, 0.717) is 29.4 Å². The Morgan fingerprint density at radius 1 is 1.29 bits per heavy atom. The average Bonchev–Trinajstić information content (AvgIpc) is 2.48. The van der Waals surface area contributed by atoms with Crippen LogP contribution in [0.4, 0.5) is 0 Å². The largest absolute Gasteiger partial charge is 0.352 e. The molecule has 110 valence electrons. The molecule has 6 heteroatoms. The molecule has 0 aliphatic rings. The monoisotopic (exact) mass is 305 g/mol. The lowest BCUT2D eigenvalue weighted by Gasteiger charge is -2.08. The van der Waals surface area contributed by atoms with Crippen LogP contribution in [0.25, 0.3) is 11.3 Å². The number of amides is 1. The smallest absolute Gasteiger partial charge is 0.266 e. The molecule has 2 aromatic rings. The van der Waals surface area contributed by atoms with Gasteiger partial charge in [0.2, 0.25) is 0 Å². The zero-order valence-corrected chi connectivity index (χ0v) is 12.6. The molecular formula is C15H16ClN3O2. The number of nitrogens with zero attached hydrogens (tertiary/aromatic N) is 2. The van der Waals surface area contributed by atoms with E-state index in [9.17, 15) is 9.59 Å². The zero-order chi connectivity index (χ0) is 15.4. The third-order valence-electron chi connectivity index (χ3n) is 3.01. The van der Waals surface area contributed by atoms with E-state index in [1.54, 1.807) is 24.3 Å². The maximum Gasteiger partial charge on any atom is 0.266 e. The van der Waals surface area contributed by atoms with E-state index in [1.165, 1.54) is 10.7 Å². The number of carbonyl (C=O) groups is 1. The first-order valence-corrected chi connectivity index (χ1v) is 7.11. The minimum Gasteiger partial charge on any atom is -0.352 e. The summed E-state index contributed by atoms with van der Waals surface area (Å²) >= 11 is 6.06. The van der Waals surface area contributed by atoms with E-state index in [1.807, 2.05) is 13.8 Å². The van der Waals surface area contributed by atoms with Gasteiger partial charge < -0.3 is 5.32 Å². The summed E-state index contributed by atoms with van der Waals surface area (Å²) in [6.45, 7) is 4.70. The lowest BCUT2D eigenvalue weighted by Crippen LogP contribution is -2.23. The van der Waals surface area contributed by atoms with Crippen LogP contribution >= 0.6 is 11.6 Å². The predicted octanol–water partition coefficient (Wildman–Crippen LogP) is 2.33. The summed E-state index contributed by atoms with van der Waals surface area (Å²) in [6, 6.07) is 8.22. The van der Waals surface area contributed by atoms with Gasteiger partial charge in [0.1, 0.15) is 0 Å². The molecule has 1 aromatic heterocycles. The lowest BCUT2D eigenvalue weighted by molar-refractivity contribution is 0.0956. The second-order valence-corrected chi connectivity index (χ2v) is 4.83. The summed E-state index contributed by atoms with van der Waals surface area (Å²) < 4.78 is 1.37. The normalized spacial score (nSPS) is 10.4. The number of hydrogen-bond acceptors (Lipinski definition) is 3. The molecule has 0 atom stereocenters. The Hall–Kier alpha value is -2.14. The number of carbonyl (C=O) groups excluding carboxylic acids is 1. The van der Waals surface area contributed by atoms with Gasteiger partial charge in [0, 0.05) is 24.7 Å². The van der Waals surface area contributed by atoms with Crippen LogP contribution in [-0.2, 0) is 6.54 Å². The first kappa shape index (κ1) is 15.3. The summed E-state index contributed by atoms with van der Waals surface area (Å²) in [5.41, 5.74) is 1.60. The maximum absolute atomic E-state index is 12.0. The number of aryl methyl sites for hydroxylation is 1. The fourth-order valence-electron chi connectivity index (χ4n) is 1.94. The van der Waals surface area contributed by atoms with E-state index < -0.39 is 0 Å². The highest BCUT2D eigenvalue weighted by atomic mass is 35.5. The van der Waals surface area contributed by atoms with Gasteiger partial charge in [-0.3, -0.25) is 9.59 Å². The number of benzene rings is 1. The molecule has 0 saturated carbocycles. The van der Waals surface area contributed by atoms with Crippen LogP contribution in [0.1, 0.15) is 24.2 Å². The van der Waals surface area contributed by atoms with Crippen molar-refractivity contribution in [1.29, 1.82) is 0 Å². The Morgan fingerprint density at radius 2 is 2.05 bits per heavy atom. The van der Waals surface area contributed by atoms with Crippen LogP contribution in [0.5, 0.6) is 0 Å². The fourth-order valence-corrected chi connectivity index (χ4v) is 2.15. The highest BCUT2D eigenvalue weighted by molar-refractivity contribution is 6.34. The third-order valence-corrected chi connectivity index (χ3v) is 3.34. The Kier molecular flexibility index (Phi) is 4.75. The lowest BCUT2D eigenvalue weighted by atomic mass is 10.1. The van der Waals surface area contributed by atoms with Crippen molar-refractivity contribution >= 4 is 17.5 Å². The number of halogens is 1. The van der Waals surface area contributed by atoms with E-state index in [0.717, 1.165) is 5.56 Å². The van der Waals surface area contributed by atoms with Crippen LogP contribution in [0.15, 0.2) is 35.1 Å². The van der Waals surface area contributed by atoms with Crippen LogP contribution in [0.3, 0.4) is 0 Å². The van der Waals surface area contributed by atoms with Crippen molar-refractivity contribution in [3.05, 3.63) is 51.3 Å². The number of aromatic nitrogens is 2. The van der Waals surface area contributed by atoms with Gasteiger partial charge in [0.25, 0.3) is 11.5 Å². The maximum atomic E-state index is 12.0. The van der Waals surface area contributed by atoms with Crippen molar-refractivity contribution in [3.63, 3.8) is 0 Å². The molecule has 0 aliphatic heterocycles. The Balaban J connectivity index is 2.48. The minimum atomic E-state index is -0.229. The van der Waals surface area contributed by atoms with Crippen molar-refractivity contribution < 1.29 is 4.79 Å². The number of nitrogens with one attached hydrogen (secondary N) is 1. The highest BCUT2D eigenvalue weighted by Gasteiger charge is 2.12. The zero-order valence-electron chi connectivity index (χ0n) is 11.9. The summed E-state index contributed by atoms with van der Waals surface area (Å²) in [5, 5.41) is 7.36. The number of rotatable bonds is 4. The van der Waals surface area contributed by atoms with Gasteiger partial charge >= 0.3 is 0 Å². The first-order valence-electron chi connectivity index (χ1n) is 6.73. The molecule has 0 saturated heterocycles. The third kappa shape index (κ3) is 3.31. The molecule has 0 spiro atoms. The van der Waals surface area contributed by atoms with Crippen molar-refractivity contribution in [2.24, 2.45) is 0 Å². The van der Waals surface area contributed by atoms with Gasteiger partial charge in [-0.05, 0) is 32.0 Å². The fraction of sp³-hybridized carbons (Fsp3) is 0.267.